The van der Waals surface area contributed by atoms with Gasteiger partial charge in [-0.05, 0) is 36.6 Å². The second-order valence-corrected chi connectivity index (χ2v) is 3.67. The fraction of sp³-hybridized carbons (Fsp3) is 0.133. The summed E-state index contributed by atoms with van der Waals surface area (Å²) in [7, 11) is 0. The van der Waals surface area contributed by atoms with Gasteiger partial charge >= 0.3 is 0 Å². The molecule has 1 rings (SSSR count). The number of carbonyl (C=O) groups is 1. The molecule has 0 heterocycles. The zero-order valence-electron chi connectivity index (χ0n) is 10.1. The normalized spacial score (nSPS) is 12.1. The molecule has 1 aromatic carbocycles. The van der Waals surface area contributed by atoms with E-state index in [0.29, 0.717) is 12.2 Å². The lowest BCUT2D eigenvalue weighted by Crippen LogP contribution is -1.83. The smallest absolute Gasteiger partial charge is 0.298 e. The van der Waals surface area contributed by atoms with Gasteiger partial charge in [0.15, 0.2) is 0 Å². The molecule has 0 atom stereocenters. The molecule has 0 spiro atoms. The maximum absolute atomic E-state index is 10.1. The lowest BCUT2D eigenvalue weighted by molar-refractivity contribution is -0.124. The van der Waals surface area contributed by atoms with Gasteiger partial charge in [-0.15, -0.1) is 0 Å². The fourth-order valence-corrected chi connectivity index (χ4v) is 1.34. The van der Waals surface area contributed by atoms with E-state index in [4.69, 9.17) is 0 Å². The summed E-state index contributed by atoms with van der Waals surface area (Å²) >= 11 is 0. The Kier molecular flexibility index (Phi) is 4.95. The fourth-order valence-electron chi connectivity index (χ4n) is 1.34. The molecule has 0 aliphatic carbocycles. The molecule has 0 bridgehead atoms. The third-order valence-corrected chi connectivity index (χ3v) is 2.40. The van der Waals surface area contributed by atoms with Gasteiger partial charge in [0.25, 0.3) is 6.47 Å². The monoisotopic (exact) mass is 228 g/mol. The Labute approximate surface area is 102 Å². The predicted molar refractivity (Wildman–Crippen MR) is 71.1 cm³/mol. The van der Waals surface area contributed by atoms with Crippen molar-refractivity contribution < 1.29 is 9.53 Å². The average Bonchev–Trinajstić information content (AvgIpc) is 2.36. The van der Waals surface area contributed by atoms with Gasteiger partial charge in [-0.2, -0.15) is 0 Å². The molecule has 0 N–H and O–H groups in total. The van der Waals surface area contributed by atoms with Crippen LogP contribution < -0.4 is 0 Å². The van der Waals surface area contributed by atoms with Crippen LogP contribution in [0.4, 0.5) is 0 Å². The molecule has 17 heavy (non-hydrogen) atoms. The summed E-state index contributed by atoms with van der Waals surface area (Å²) in [5.74, 6) is 0.571. The van der Waals surface area contributed by atoms with Crippen LogP contribution in [0.5, 0.6) is 0 Å². The molecule has 0 saturated heterocycles. The summed E-state index contributed by atoms with van der Waals surface area (Å²) in [5, 5.41) is 0. The van der Waals surface area contributed by atoms with Gasteiger partial charge in [-0.3, -0.25) is 4.79 Å². The van der Waals surface area contributed by atoms with Crippen LogP contribution in [0.25, 0.3) is 11.6 Å². The quantitative estimate of drug-likeness (QED) is 0.435. The zero-order valence-corrected chi connectivity index (χ0v) is 10.1. The molecule has 1 aromatic rings. The van der Waals surface area contributed by atoms with Crippen LogP contribution in [-0.2, 0) is 9.53 Å². The van der Waals surface area contributed by atoms with Gasteiger partial charge in [0.05, 0.1) is 0 Å². The Bertz CT molecular complexity index is 450. The van der Waals surface area contributed by atoms with Crippen molar-refractivity contribution in [1.82, 2.24) is 0 Å². The Hall–Kier alpha value is -2.09. The minimum Gasteiger partial charge on any atom is -0.434 e. The van der Waals surface area contributed by atoms with Gasteiger partial charge in [0.1, 0.15) is 5.76 Å². The van der Waals surface area contributed by atoms with E-state index in [1.165, 1.54) is 0 Å². The minimum atomic E-state index is 0.424. The number of carbonyl (C=O) groups excluding carboxylic acids is 1. The van der Waals surface area contributed by atoms with Gasteiger partial charge < -0.3 is 4.74 Å². The van der Waals surface area contributed by atoms with E-state index < -0.39 is 0 Å². The van der Waals surface area contributed by atoms with E-state index in [1.807, 2.05) is 43.3 Å². The molecule has 0 radical (unpaired) electrons. The molecule has 0 saturated carbocycles. The summed E-state index contributed by atoms with van der Waals surface area (Å²) in [4.78, 5) is 10.1. The molecule has 0 aliphatic rings. The van der Waals surface area contributed by atoms with Crippen molar-refractivity contribution in [2.75, 3.05) is 0 Å². The van der Waals surface area contributed by atoms with Crippen molar-refractivity contribution in [3.8, 4) is 0 Å². The molecule has 0 aliphatic heterocycles. The van der Waals surface area contributed by atoms with Gasteiger partial charge in [0, 0.05) is 0 Å². The van der Waals surface area contributed by atoms with Crippen molar-refractivity contribution >= 4 is 18.1 Å². The molecule has 2 heteroatoms. The van der Waals surface area contributed by atoms with E-state index in [2.05, 4.69) is 11.3 Å². The summed E-state index contributed by atoms with van der Waals surface area (Å²) in [6.07, 6.45) is 5.50. The molecule has 0 aromatic heterocycles. The Morgan fingerprint density at radius 3 is 2.35 bits per heavy atom. The minimum absolute atomic E-state index is 0.424. The van der Waals surface area contributed by atoms with E-state index in [9.17, 15) is 4.79 Å². The first-order valence-electron chi connectivity index (χ1n) is 5.35. The molecule has 88 valence electrons. The van der Waals surface area contributed by atoms with E-state index >= 15 is 0 Å². The number of benzene rings is 1. The third kappa shape index (κ3) is 4.11. The summed E-state index contributed by atoms with van der Waals surface area (Å²) in [6.45, 7) is 7.88. The highest BCUT2D eigenvalue weighted by Crippen LogP contribution is 2.15. The lowest BCUT2D eigenvalue weighted by Gasteiger charge is -2.01. The van der Waals surface area contributed by atoms with Crippen molar-refractivity contribution in [2.45, 2.75) is 13.8 Å². The van der Waals surface area contributed by atoms with Crippen LogP contribution in [0.3, 0.4) is 0 Å². The molecule has 0 unspecified atom stereocenters. The standard InChI is InChI=1S/C15H16O2/c1-4-14-7-9-15(10-8-14)12(2)5-6-13(3)17-11-16/h4-11H,1H2,2-3H3/b12-5+,13-6+. The van der Waals surface area contributed by atoms with Crippen molar-refractivity contribution in [1.29, 1.82) is 0 Å². The van der Waals surface area contributed by atoms with Crippen LogP contribution in [0, 0.1) is 0 Å². The molecule has 0 fully saturated rings. The maximum Gasteiger partial charge on any atom is 0.298 e. The second kappa shape index (κ2) is 6.48. The average molecular weight is 228 g/mol. The molecule has 0 amide bonds. The third-order valence-electron chi connectivity index (χ3n) is 2.40. The Balaban J connectivity index is 2.84. The van der Waals surface area contributed by atoms with Crippen molar-refractivity contribution in [2.24, 2.45) is 0 Å². The van der Waals surface area contributed by atoms with Crippen LogP contribution in [0.15, 0.2) is 48.8 Å². The van der Waals surface area contributed by atoms with Crippen LogP contribution in [0.2, 0.25) is 0 Å². The van der Waals surface area contributed by atoms with Gasteiger partial charge in [-0.25, -0.2) is 0 Å². The molecule has 2 nitrogen and oxygen atoms in total. The highest BCUT2D eigenvalue weighted by molar-refractivity contribution is 5.66. The summed E-state index contributed by atoms with van der Waals surface area (Å²) < 4.78 is 4.69. The first-order chi connectivity index (χ1) is 8.17. The van der Waals surface area contributed by atoms with Gasteiger partial charge in [-0.1, -0.05) is 43.0 Å². The van der Waals surface area contributed by atoms with E-state index in [1.54, 1.807) is 13.0 Å². The number of allylic oxidation sites excluding steroid dienone is 4. The van der Waals surface area contributed by atoms with Gasteiger partial charge in [0.2, 0.25) is 0 Å². The van der Waals surface area contributed by atoms with Crippen LogP contribution in [0.1, 0.15) is 25.0 Å². The highest BCUT2D eigenvalue weighted by atomic mass is 16.5. The maximum atomic E-state index is 10.1. The van der Waals surface area contributed by atoms with E-state index in [-0.39, 0.29) is 0 Å². The Morgan fingerprint density at radius 2 is 1.82 bits per heavy atom. The number of ether oxygens (including phenoxy) is 1. The SMILES string of the molecule is C=Cc1ccc(/C(C)=C/C=C(\C)OC=O)cc1. The van der Waals surface area contributed by atoms with Crippen LogP contribution in [-0.4, -0.2) is 6.47 Å². The summed E-state index contributed by atoms with van der Waals surface area (Å²) in [5.41, 5.74) is 3.33. The van der Waals surface area contributed by atoms with Crippen molar-refractivity contribution in [3.05, 3.63) is 59.9 Å². The van der Waals surface area contributed by atoms with Crippen molar-refractivity contribution in [3.63, 3.8) is 0 Å². The second-order valence-electron chi connectivity index (χ2n) is 3.67. The zero-order chi connectivity index (χ0) is 12.7. The largest absolute Gasteiger partial charge is 0.434 e. The Morgan fingerprint density at radius 1 is 1.18 bits per heavy atom. The molecular formula is C15H16O2. The first-order valence-corrected chi connectivity index (χ1v) is 5.35. The predicted octanol–water partition coefficient (Wildman–Crippen LogP) is 3.81. The number of rotatable bonds is 5. The lowest BCUT2D eigenvalue weighted by atomic mass is 10.0. The summed E-state index contributed by atoms with van der Waals surface area (Å²) in [6, 6.07) is 8.09. The van der Waals surface area contributed by atoms with Crippen LogP contribution >= 0.6 is 0 Å². The topological polar surface area (TPSA) is 26.3 Å². The van der Waals surface area contributed by atoms with E-state index in [0.717, 1.165) is 16.7 Å². The highest BCUT2D eigenvalue weighted by Gasteiger charge is 1.94. The molecular weight excluding hydrogens is 212 g/mol. The number of hydrogen-bond acceptors (Lipinski definition) is 2. The number of hydrogen-bond donors (Lipinski definition) is 0. The first kappa shape index (κ1) is 13.0.